The van der Waals surface area contributed by atoms with Gasteiger partial charge in [-0.2, -0.15) is 0 Å². The van der Waals surface area contributed by atoms with Gasteiger partial charge in [0.25, 0.3) is 11.8 Å². The summed E-state index contributed by atoms with van der Waals surface area (Å²) in [6.45, 7) is 1.58. The van der Waals surface area contributed by atoms with Crippen molar-refractivity contribution in [3.8, 4) is 0 Å². The summed E-state index contributed by atoms with van der Waals surface area (Å²) in [5, 5.41) is 5.74. The number of carbonyl (C=O) groups is 3. The minimum Gasteiger partial charge on any atom is -0.382 e. The third-order valence-electron chi connectivity index (χ3n) is 4.00. The van der Waals surface area contributed by atoms with Gasteiger partial charge in [-0.05, 0) is 6.92 Å². The lowest BCUT2D eigenvalue weighted by atomic mass is 10.1. The van der Waals surface area contributed by atoms with Gasteiger partial charge in [-0.25, -0.2) is 15.0 Å². The van der Waals surface area contributed by atoms with E-state index >= 15 is 0 Å². The van der Waals surface area contributed by atoms with E-state index in [4.69, 9.17) is 17.3 Å². The molecule has 0 saturated heterocycles. The van der Waals surface area contributed by atoms with E-state index in [1.165, 1.54) is 6.20 Å². The Kier molecular flexibility index (Phi) is 6.70. The molecule has 0 fully saturated rings. The first-order valence-corrected chi connectivity index (χ1v) is 9.95. The number of anilines is 1. The number of amides is 2. The Morgan fingerprint density at radius 3 is 2.60 bits per heavy atom. The highest BCUT2D eigenvalue weighted by Gasteiger charge is 2.21. The topological polar surface area (TPSA) is 140 Å². The molecule has 0 spiro atoms. The average molecular weight is 445 g/mol. The van der Waals surface area contributed by atoms with Crippen LogP contribution in [-0.2, 0) is 0 Å². The van der Waals surface area contributed by atoms with Crippen molar-refractivity contribution >= 4 is 46.4 Å². The number of benzene rings is 1. The molecule has 2 heterocycles. The molecule has 3 aromatic rings. The second-order valence-electron chi connectivity index (χ2n) is 6.15. The fourth-order valence-electron chi connectivity index (χ4n) is 2.44. The number of nitrogens with one attached hydrogen (secondary N) is 2. The molecule has 3 rings (SSSR count). The molecule has 11 heteroatoms. The van der Waals surface area contributed by atoms with Gasteiger partial charge in [0, 0.05) is 5.56 Å². The summed E-state index contributed by atoms with van der Waals surface area (Å²) >= 11 is 7.06. The molecule has 1 aromatic carbocycles. The molecule has 4 N–H and O–H groups in total. The van der Waals surface area contributed by atoms with Gasteiger partial charge in [0.1, 0.15) is 27.1 Å². The van der Waals surface area contributed by atoms with Gasteiger partial charge in [-0.15, -0.1) is 11.3 Å². The van der Waals surface area contributed by atoms with Gasteiger partial charge < -0.3 is 16.4 Å². The summed E-state index contributed by atoms with van der Waals surface area (Å²) in [6, 6.07) is 8.17. The largest absolute Gasteiger partial charge is 0.382 e. The number of nitrogen functional groups attached to an aromatic ring is 1. The first-order valence-electron chi connectivity index (χ1n) is 8.75. The second kappa shape index (κ2) is 9.42. The minimum absolute atomic E-state index is 0.00252. The van der Waals surface area contributed by atoms with Crippen LogP contribution in [0.25, 0.3) is 0 Å². The molecule has 0 aliphatic heterocycles. The highest BCUT2D eigenvalue weighted by molar-refractivity contribution is 7.13. The van der Waals surface area contributed by atoms with Crippen molar-refractivity contribution < 1.29 is 14.4 Å². The van der Waals surface area contributed by atoms with Gasteiger partial charge in [-0.1, -0.05) is 41.9 Å². The first kappa shape index (κ1) is 21.3. The Bertz CT molecular complexity index is 1090. The number of nitrogens with zero attached hydrogens (tertiary/aromatic N) is 3. The van der Waals surface area contributed by atoms with Crippen molar-refractivity contribution in [2.45, 2.75) is 13.0 Å². The standard InChI is InChI=1S/C19H17ClN6O3S/c1-10(26-18(29)15-14(20)16(21)25-9-24-15)19-23-8-13(30-19)17(28)22-7-12(27)11-5-3-2-4-6-11/h2-6,8-10H,7H2,1H3,(H,22,28)(H,26,29)(H2,21,24,25). The van der Waals surface area contributed by atoms with Crippen LogP contribution in [0.2, 0.25) is 5.02 Å². The maximum Gasteiger partial charge on any atom is 0.272 e. The lowest BCUT2D eigenvalue weighted by Crippen LogP contribution is -2.29. The number of thiazole rings is 1. The predicted molar refractivity (Wildman–Crippen MR) is 113 cm³/mol. The van der Waals surface area contributed by atoms with Gasteiger partial charge in [0.05, 0.1) is 18.8 Å². The summed E-state index contributed by atoms with van der Waals surface area (Å²) in [5.74, 6) is -1.16. The van der Waals surface area contributed by atoms with E-state index in [9.17, 15) is 14.4 Å². The third kappa shape index (κ3) is 4.97. The smallest absolute Gasteiger partial charge is 0.272 e. The molecule has 2 amide bonds. The zero-order valence-corrected chi connectivity index (χ0v) is 17.3. The van der Waals surface area contributed by atoms with Crippen LogP contribution in [0.1, 0.15) is 48.5 Å². The molecule has 30 heavy (non-hydrogen) atoms. The first-order chi connectivity index (χ1) is 14.4. The quantitative estimate of drug-likeness (QED) is 0.475. The molecular formula is C19H17ClN6O3S. The molecule has 0 bridgehead atoms. The number of rotatable bonds is 7. The second-order valence-corrected chi connectivity index (χ2v) is 7.59. The minimum atomic E-state index is -0.545. The number of Topliss-reactive ketones (excluding diaryl/α,β-unsaturated/α-hetero) is 1. The summed E-state index contributed by atoms with van der Waals surface area (Å²) in [7, 11) is 0. The van der Waals surface area contributed by atoms with Crippen molar-refractivity contribution in [2.75, 3.05) is 12.3 Å². The monoisotopic (exact) mass is 444 g/mol. The molecular weight excluding hydrogens is 428 g/mol. The molecule has 0 aliphatic carbocycles. The Morgan fingerprint density at radius 2 is 1.87 bits per heavy atom. The Hall–Kier alpha value is -3.37. The predicted octanol–water partition coefficient (Wildman–Crippen LogP) is 2.27. The van der Waals surface area contributed by atoms with Crippen molar-refractivity contribution in [1.29, 1.82) is 0 Å². The van der Waals surface area contributed by atoms with Gasteiger partial charge in [0.2, 0.25) is 0 Å². The molecule has 154 valence electrons. The fraction of sp³-hybridized carbons (Fsp3) is 0.158. The van der Waals surface area contributed by atoms with E-state index in [1.807, 2.05) is 6.07 Å². The number of carbonyl (C=O) groups excluding carboxylic acids is 3. The van der Waals surface area contributed by atoms with E-state index in [0.29, 0.717) is 15.4 Å². The Balaban J connectivity index is 1.59. The van der Waals surface area contributed by atoms with E-state index < -0.39 is 17.9 Å². The Labute approximate surface area is 180 Å². The van der Waals surface area contributed by atoms with Crippen LogP contribution < -0.4 is 16.4 Å². The third-order valence-corrected chi connectivity index (χ3v) is 5.55. The lowest BCUT2D eigenvalue weighted by molar-refractivity contribution is 0.0906. The zero-order chi connectivity index (χ0) is 21.7. The summed E-state index contributed by atoms with van der Waals surface area (Å²) in [4.78, 5) is 48.8. The van der Waals surface area contributed by atoms with E-state index in [2.05, 4.69) is 25.6 Å². The van der Waals surface area contributed by atoms with Crippen LogP contribution in [0, 0.1) is 0 Å². The number of ketones is 1. The van der Waals surface area contributed by atoms with Gasteiger partial charge in [0.15, 0.2) is 11.5 Å². The highest BCUT2D eigenvalue weighted by atomic mass is 35.5. The number of hydrogen-bond donors (Lipinski definition) is 3. The van der Waals surface area contributed by atoms with Crippen LogP contribution >= 0.6 is 22.9 Å². The van der Waals surface area contributed by atoms with Gasteiger partial charge >= 0.3 is 0 Å². The van der Waals surface area contributed by atoms with Gasteiger partial charge in [-0.3, -0.25) is 14.4 Å². The molecule has 0 saturated carbocycles. The van der Waals surface area contributed by atoms with Crippen LogP contribution in [0.4, 0.5) is 5.82 Å². The molecule has 1 atom stereocenters. The van der Waals surface area contributed by atoms with Crippen molar-refractivity contribution in [3.05, 3.63) is 69.0 Å². The van der Waals surface area contributed by atoms with E-state index in [-0.39, 0.29) is 28.9 Å². The summed E-state index contributed by atoms with van der Waals surface area (Å²) < 4.78 is 0. The van der Waals surface area contributed by atoms with Crippen LogP contribution in [0.5, 0.6) is 0 Å². The normalized spacial score (nSPS) is 11.5. The van der Waals surface area contributed by atoms with E-state index in [0.717, 1.165) is 17.7 Å². The maximum atomic E-state index is 12.4. The van der Waals surface area contributed by atoms with Crippen LogP contribution in [0.15, 0.2) is 42.9 Å². The van der Waals surface area contributed by atoms with Crippen molar-refractivity contribution in [3.63, 3.8) is 0 Å². The number of aromatic nitrogens is 3. The van der Waals surface area contributed by atoms with Crippen molar-refractivity contribution in [2.24, 2.45) is 0 Å². The number of halogens is 1. The zero-order valence-electron chi connectivity index (χ0n) is 15.8. The lowest BCUT2D eigenvalue weighted by Gasteiger charge is -2.11. The SMILES string of the molecule is CC(NC(=O)c1ncnc(N)c1Cl)c1ncc(C(=O)NCC(=O)c2ccccc2)s1. The molecule has 1 unspecified atom stereocenters. The number of hydrogen-bond acceptors (Lipinski definition) is 8. The average Bonchev–Trinajstić information content (AvgIpc) is 3.25. The van der Waals surface area contributed by atoms with Crippen LogP contribution in [0.3, 0.4) is 0 Å². The van der Waals surface area contributed by atoms with E-state index in [1.54, 1.807) is 31.2 Å². The summed E-state index contributed by atoms with van der Waals surface area (Å²) in [6.07, 6.45) is 2.53. The highest BCUT2D eigenvalue weighted by Crippen LogP contribution is 2.22. The molecule has 0 aliphatic rings. The fourth-order valence-corrected chi connectivity index (χ4v) is 3.46. The molecule has 2 aromatic heterocycles. The van der Waals surface area contributed by atoms with Crippen molar-refractivity contribution in [1.82, 2.24) is 25.6 Å². The summed E-state index contributed by atoms with van der Waals surface area (Å²) in [5.41, 5.74) is 6.05. The molecule has 0 radical (unpaired) electrons. The number of nitrogens with two attached hydrogens (primary N) is 1. The maximum absolute atomic E-state index is 12.4. The van der Waals surface area contributed by atoms with Crippen LogP contribution in [-0.4, -0.2) is 39.1 Å². The molecule has 9 nitrogen and oxygen atoms in total. The Morgan fingerprint density at radius 1 is 1.13 bits per heavy atom.